The molecule has 1 aliphatic rings. The lowest BCUT2D eigenvalue weighted by Crippen LogP contribution is -2.44. The molecule has 2 heterocycles. The molecule has 1 saturated heterocycles. The Bertz CT molecular complexity index is 651. The van der Waals surface area contributed by atoms with Crippen LogP contribution >= 0.6 is 11.6 Å². The molecule has 7 nitrogen and oxygen atoms in total. The van der Waals surface area contributed by atoms with Crippen LogP contribution in [0.4, 0.5) is 4.39 Å². The highest BCUT2D eigenvalue weighted by atomic mass is 35.5. The number of morpholine rings is 1. The summed E-state index contributed by atoms with van der Waals surface area (Å²) < 4.78 is 19.3. The largest absolute Gasteiger partial charge is 0.377 e. The van der Waals surface area contributed by atoms with Crippen molar-refractivity contribution in [3.8, 4) is 0 Å². The summed E-state index contributed by atoms with van der Waals surface area (Å²) in [7, 11) is 0. The number of ether oxygens (including phenoxy) is 1. The summed E-state index contributed by atoms with van der Waals surface area (Å²) in [6.45, 7) is 0.926. The molecule has 21 heavy (non-hydrogen) atoms. The fourth-order valence-corrected chi connectivity index (χ4v) is 2.35. The highest BCUT2D eigenvalue weighted by molar-refractivity contribution is 6.30. The summed E-state index contributed by atoms with van der Waals surface area (Å²) >= 11 is 5.70. The smallest absolute Gasteiger partial charge is 0.257 e. The molecule has 0 saturated carbocycles. The van der Waals surface area contributed by atoms with Gasteiger partial charge in [0.1, 0.15) is 11.9 Å². The Morgan fingerprint density at radius 3 is 3.10 bits per heavy atom. The van der Waals surface area contributed by atoms with Gasteiger partial charge in [-0.05, 0) is 18.2 Å². The van der Waals surface area contributed by atoms with E-state index in [1.807, 2.05) is 0 Å². The van der Waals surface area contributed by atoms with Crippen LogP contribution in [0.3, 0.4) is 0 Å². The summed E-state index contributed by atoms with van der Waals surface area (Å²) in [5.41, 5.74) is -0.0465. The molecule has 0 bridgehead atoms. The molecule has 1 N–H and O–H groups in total. The van der Waals surface area contributed by atoms with Gasteiger partial charge in [0.25, 0.3) is 5.91 Å². The van der Waals surface area contributed by atoms with Crippen molar-refractivity contribution < 1.29 is 13.9 Å². The summed E-state index contributed by atoms with van der Waals surface area (Å²) in [4.78, 5) is 14.0. The molecule has 1 amide bonds. The van der Waals surface area contributed by atoms with Crippen LogP contribution < -0.4 is 0 Å². The van der Waals surface area contributed by atoms with Crippen molar-refractivity contribution in [1.82, 2.24) is 25.5 Å². The number of nitrogens with zero attached hydrogens (tertiary/aromatic N) is 4. The van der Waals surface area contributed by atoms with Gasteiger partial charge in [0, 0.05) is 11.6 Å². The normalized spacial score (nSPS) is 18.8. The third-order valence-electron chi connectivity index (χ3n) is 3.21. The van der Waals surface area contributed by atoms with Crippen molar-refractivity contribution in [2.24, 2.45) is 0 Å². The zero-order chi connectivity index (χ0) is 14.8. The van der Waals surface area contributed by atoms with E-state index in [0.29, 0.717) is 19.0 Å². The Kier molecular flexibility index (Phi) is 3.80. The van der Waals surface area contributed by atoms with Gasteiger partial charge >= 0.3 is 0 Å². The van der Waals surface area contributed by atoms with Crippen molar-refractivity contribution >= 4 is 17.5 Å². The molecule has 1 atom stereocenters. The maximum absolute atomic E-state index is 13.9. The Morgan fingerprint density at radius 2 is 2.38 bits per heavy atom. The molecule has 0 aliphatic carbocycles. The minimum absolute atomic E-state index is 0.0465. The van der Waals surface area contributed by atoms with Gasteiger partial charge in [-0.2, -0.15) is 5.21 Å². The van der Waals surface area contributed by atoms with E-state index in [1.54, 1.807) is 0 Å². The first kappa shape index (κ1) is 13.9. The van der Waals surface area contributed by atoms with E-state index in [-0.39, 0.29) is 17.2 Å². The summed E-state index contributed by atoms with van der Waals surface area (Å²) in [6, 6.07) is 3.45. The van der Waals surface area contributed by atoms with Crippen molar-refractivity contribution in [2.45, 2.75) is 6.04 Å². The maximum Gasteiger partial charge on any atom is 0.257 e. The van der Waals surface area contributed by atoms with Crippen LogP contribution in [0.1, 0.15) is 22.2 Å². The number of amides is 1. The van der Waals surface area contributed by atoms with Gasteiger partial charge in [-0.1, -0.05) is 16.8 Å². The number of nitrogens with one attached hydrogen (secondary N) is 1. The average Bonchev–Trinajstić information content (AvgIpc) is 3.01. The molecule has 1 aromatic heterocycles. The van der Waals surface area contributed by atoms with Crippen LogP contribution in [0.25, 0.3) is 0 Å². The number of H-pyrrole nitrogens is 1. The molecule has 0 radical (unpaired) electrons. The number of hydrogen-bond acceptors (Lipinski definition) is 5. The van der Waals surface area contributed by atoms with Gasteiger partial charge in [0.2, 0.25) is 0 Å². The van der Waals surface area contributed by atoms with E-state index in [4.69, 9.17) is 16.3 Å². The first-order chi connectivity index (χ1) is 10.2. The van der Waals surface area contributed by atoms with Crippen molar-refractivity contribution in [1.29, 1.82) is 0 Å². The van der Waals surface area contributed by atoms with Crippen LogP contribution in [0.2, 0.25) is 5.02 Å². The number of benzene rings is 1. The molecule has 110 valence electrons. The van der Waals surface area contributed by atoms with Gasteiger partial charge < -0.3 is 9.64 Å². The van der Waals surface area contributed by atoms with Crippen molar-refractivity contribution in [3.63, 3.8) is 0 Å². The predicted molar refractivity (Wildman–Crippen MR) is 70.2 cm³/mol. The minimum Gasteiger partial charge on any atom is -0.377 e. The predicted octanol–water partition coefficient (Wildman–Crippen LogP) is 1.21. The Hall–Kier alpha value is -2.06. The van der Waals surface area contributed by atoms with Crippen LogP contribution in [0, 0.1) is 5.82 Å². The van der Waals surface area contributed by atoms with Crippen LogP contribution in [0.5, 0.6) is 0 Å². The third kappa shape index (κ3) is 2.72. The number of tetrazole rings is 1. The lowest BCUT2D eigenvalue weighted by molar-refractivity contribution is -0.00544. The van der Waals surface area contributed by atoms with Gasteiger partial charge in [0.05, 0.1) is 18.8 Å². The number of aromatic amines is 1. The topological polar surface area (TPSA) is 84.0 Å². The lowest BCUT2D eigenvalue weighted by atomic mass is 10.1. The molecule has 2 aromatic rings. The van der Waals surface area contributed by atoms with E-state index >= 15 is 0 Å². The van der Waals surface area contributed by atoms with E-state index in [0.717, 1.165) is 6.07 Å². The van der Waals surface area contributed by atoms with Crippen molar-refractivity contribution in [3.05, 3.63) is 40.4 Å². The van der Waals surface area contributed by atoms with E-state index in [9.17, 15) is 9.18 Å². The number of halogens is 2. The third-order valence-corrected chi connectivity index (χ3v) is 3.45. The molecule has 9 heteroatoms. The summed E-state index contributed by atoms with van der Waals surface area (Å²) in [5, 5.41) is 13.8. The lowest BCUT2D eigenvalue weighted by Gasteiger charge is -2.33. The second-order valence-electron chi connectivity index (χ2n) is 4.48. The molecule has 1 fully saturated rings. The Labute approximate surface area is 124 Å². The fraction of sp³-hybridized carbons (Fsp3) is 0.333. The van der Waals surface area contributed by atoms with Gasteiger partial charge in [-0.3, -0.25) is 4.79 Å². The zero-order valence-electron chi connectivity index (χ0n) is 10.8. The molecule has 0 spiro atoms. The standard InChI is InChI=1S/C12H11ClFN5O2/c13-7-1-2-8(9(14)5-7)12(20)19-3-4-21-6-10(19)11-15-17-18-16-11/h1-2,5,10H,3-4,6H2,(H,15,16,17,18). The molecule has 3 rings (SSSR count). The van der Waals surface area contributed by atoms with E-state index in [2.05, 4.69) is 20.6 Å². The van der Waals surface area contributed by atoms with Crippen LogP contribution in [-0.4, -0.2) is 51.2 Å². The highest BCUT2D eigenvalue weighted by Crippen LogP contribution is 2.24. The first-order valence-electron chi connectivity index (χ1n) is 6.24. The molecule has 1 aromatic carbocycles. The molecular weight excluding hydrogens is 301 g/mol. The molecule has 1 aliphatic heterocycles. The quantitative estimate of drug-likeness (QED) is 0.901. The van der Waals surface area contributed by atoms with E-state index in [1.165, 1.54) is 17.0 Å². The fourth-order valence-electron chi connectivity index (χ4n) is 2.19. The number of hydrogen-bond donors (Lipinski definition) is 1. The maximum atomic E-state index is 13.9. The zero-order valence-corrected chi connectivity index (χ0v) is 11.5. The van der Waals surface area contributed by atoms with Crippen molar-refractivity contribution in [2.75, 3.05) is 19.8 Å². The molecule has 1 unspecified atom stereocenters. The Morgan fingerprint density at radius 1 is 1.52 bits per heavy atom. The monoisotopic (exact) mass is 311 g/mol. The number of carbonyl (C=O) groups excluding carboxylic acids is 1. The average molecular weight is 312 g/mol. The van der Waals surface area contributed by atoms with E-state index < -0.39 is 17.8 Å². The van der Waals surface area contributed by atoms with Gasteiger partial charge in [-0.25, -0.2) is 4.39 Å². The number of aromatic nitrogens is 4. The highest BCUT2D eigenvalue weighted by Gasteiger charge is 2.33. The van der Waals surface area contributed by atoms with Gasteiger partial charge in [0.15, 0.2) is 5.82 Å². The second kappa shape index (κ2) is 5.74. The second-order valence-corrected chi connectivity index (χ2v) is 4.92. The minimum atomic E-state index is -0.661. The summed E-state index contributed by atoms with van der Waals surface area (Å²) in [6.07, 6.45) is 0. The summed E-state index contributed by atoms with van der Waals surface area (Å²) in [5.74, 6) is -0.787. The SMILES string of the molecule is O=C(c1ccc(Cl)cc1F)N1CCOCC1c1nn[nH]n1. The van der Waals surface area contributed by atoms with Crippen LogP contribution in [-0.2, 0) is 4.74 Å². The number of rotatable bonds is 2. The molecular formula is C12H11ClFN5O2. The Balaban J connectivity index is 1.91. The first-order valence-corrected chi connectivity index (χ1v) is 6.61. The van der Waals surface area contributed by atoms with Crippen LogP contribution in [0.15, 0.2) is 18.2 Å². The number of carbonyl (C=O) groups is 1. The van der Waals surface area contributed by atoms with Gasteiger partial charge in [-0.15, -0.1) is 10.2 Å².